The highest BCUT2D eigenvalue weighted by atomic mass is 32.2. The summed E-state index contributed by atoms with van der Waals surface area (Å²) in [5.41, 5.74) is 7.15. The van der Waals surface area contributed by atoms with E-state index in [0.29, 0.717) is 33.5 Å². The van der Waals surface area contributed by atoms with Crippen molar-refractivity contribution in [3.63, 3.8) is 0 Å². The van der Waals surface area contributed by atoms with Crippen LogP contribution in [0.2, 0.25) is 0 Å². The minimum Gasteiger partial charge on any atom is -0.480 e. The van der Waals surface area contributed by atoms with E-state index in [1.54, 1.807) is 0 Å². The second kappa shape index (κ2) is 6.01. The van der Waals surface area contributed by atoms with Crippen LogP contribution < -0.4 is 10.5 Å². The zero-order valence-electron chi connectivity index (χ0n) is 11.8. The maximum atomic E-state index is 9.34. The first-order chi connectivity index (χ1) is 9.67. The van der Waals surface area contributed by atoms with Gasteiger partial charge in [0.25, 0.3) is 0 Å². The molecule has 0 unspecified atom stereocenters. The Morgan fingerprint density at radius 1 is 1.45 bits per heavy atom. The van der Waals surface area contributed by atoms with Gasteiger partial charge in [0.1, 0.15) is 22.8 Å². The third-order valence-electron chi connectivity index (χ3n) is 3.11. The number of nitrogens with two attached hydrogens (primary N) is 1. The number of ether oxygens (including phenoxy) is 1. The molecule has 2 aromatic heterocycles. The Kier molecular flexibility index (Phi) is 4.35. The lowest BCUT2D eigenvalue weighted by atomic mass is 10.2. The molecule has 0 spiro atoms. The average Bonchev–Trinajstić information content (AvgIpc) is 2.75. The molecule has 2 heterocycles. The molecule has 0 aliphatic carbocycles. The van der Waals surface area contributed by atoms with Gasteiger partial charge in [0.15, 0.2) is 10.8 Å². The molecule has 2 aromatic rings. The van der Waals surface area contributed by atoms with Gasteiger partial charge in [0.2, 0.25) is 5.88 Å². The highest BCUT2D eigenvalue weighted by Crippen LogP contribution is 2.34. The number of unbranched alkanes of at least 4 members (excludes halogenated alkanes) is 1. The number of rotatable bonds is 5. The molecule has 0 aromatic carbocycles. The smallest absolute Gasteiger partial charge is 0.228 e. The fourth-order valence-electron chi connectivity index (χ4n) is 2.10. The minimum atomic E-state index is 0.389. The van der Waals surface area contributed by atoms with Crippen LogP contribution in [-0.2, 0) is 6.54 Å². The van der Waals surface area contributed by atoms with Gasteiger partial charge < -0.3 is 15.0 Å². The number of nitriles is 1. The number of methoxy groups -OCH3 is 1. The van der Waals surface area contributed by atoms with Gasteiger partial charge in [-0.1, -0.05) is 25.1 Å². The predicted octanol–water partition coefficient (Wildman–Crippen LogP) is 2.42. The van der Waals surface area contributed by atoms with Crippen molar-refractivity contribution >= 4 is 28.6 Å². The van der Waals surface area contributed by atoms with E-state index in [0.717, 1.165) is 19.4 Å². The summed E-state index contributed by atoms with van der Waals surface area (Å²) in [5.74, 6) is 0.833. The highest BCUT2D eigenvalue weighted by Gasteiger charge is 2.21. The highest BCUT2D eigenvalue weighted by molar-refractivity contribution is 7.98. The molecule has 0 saturated heterocycles. The van der Waals surface area contributed by atoms with Crippen LogP contribution in [0.5, 0.6) is 5.88 Å². The van der Waals surface area contributed by atoms with Crippen LogP contribution >= 0.6 is 11.8 Å². The van der Waals surface area contributed by atoms with Crippen molar-refractivity contribution in [3.8, 4) is 11.9 Å². The summed E-state index contributed by atoms with van der Waals surface area (Å²) in [7, 11) is 1.53. The summed E-state index contributed by atoms with van der Waals surface area (Å²) in [4.78, 5) is 8.78. The Morgan fingerprint density at radius 3 is 2.75 bits per heavy atom. The van der Waals surface area contributed by atoms with E-state index in [2.05, 4.69) is 23.0 Å². The quantitative estimate of drug-likeness (QED) is 0.672. The van der Waals surface area contributed by atoms with E-state index in [1.165, 1.54) is 18.9 Å². The van der Waals surface area contributed by atoms with E-state index in [1.807, 2.05) is 10.8 Å². The molecular formula is C13H17N5OS. The minimum absolute atomic E-state index is 0.389. The second-order valence-electron chi connectivity index (χ2n) is 4.30. The van der Waals surface area contributed by atoms with Crippen LogP contribution in [0.3, 0.4) is 0 Å². The van der Waals surface area contributed by atoms with Crippen LogP contribution in [0.25, 0.3) is 11.0 Å². The van der Waals surface area contributed by atoms with Crippen molar-refractivity contribution in [3.05, 3.63) is 5.56 Å². The lowest BCUT2D eigenvalue weighted by Crippen LogP contribution is -2.04. The van der Waals surface area contributed by atoms with Gasteiger partial charge in [0.05, 0.1) is 7.11 Å². The lowest BCUT2D eigenvalue weighted by molar-refractivity contribution is 0.398. The van der Waals surface area contributed by atoms with Gasteiger partial charge in [-0.3, -0.25) is 0 Å². The van der Waals surface area contributed by atoms with Crippen molar-refractivity contribution in [2.24, 2.45) is 0 Å². The van der Waals surface area contributed by atoms with Gasteiger partial charge in [0, 0.05) is 6.54 Å². The summed E-state index contributed by atoms with van der Waals surface area (Å²) in [6.45, 7) is 2.84. The normalized spacial score (nSPS) is 10.7. The number of anilines is 1. The van der Waals surface area contributed by atoms with E-state index in [4.69, 9.17) is 10.5 Å². The van der Waals surface area contributed by atoms with Crippen LogP contribution in [0.1, 0.15) is 25.3 Å². The predicted molar refractivity (Wildman–Crippen MR) is 79.9 cm³/mol. The largest absolute Gasteiger partial charge is 0.480 e. The molecule has 2 N–H and O–H groups in total. The molecule has 0 fully saturated rings. The van der Waals surface area contributed by atoms with Crippen molar-refractivity contribution < 1.29 is 4.74 Å². The van der Waals surface area contributed by atoms with Crippen molar-refractivity contribution in [1.82, 2.24) is 14.5 Å². The van der Waals surface area contributed by atoms with Gasteiger partial charge >= 0.3 is 0 Å². The summed E-state index contributed by atoms with van der Waals surface area (Å²) < 4.78 is 7.18. The molecule has 0 aliphatic rings. The lowest BCUT2D eigenvalue weighted by Gasteiger charge is -2.07. The van der Waals surface area contributed by atoms with Gasteiger partial charge in [-0.05, 0) is 12.7 Å². The van der Waals surface area contributed by atoms with Crippen LogP contribution in [0.4, 0.5) is 5.82 Å². The molecule has 0 saturated carbocycles. The molecule has 0 amide bonds. The molecule has 6 nitrogen and oxygen atoms in total. The number of nitrogens with zero attached hydrogens (tertiary/aromatic N) is 4. The zero-order valence-corrected chi connectivity index (χ0v) is 12.6. The van der Waals surface area contributed by atoms with E-state index in [-0.39, 0.29) is 0 Å². The van der Waals surface area contributed by atoms with Crippen LogP contribution in [0.15, 0.2) is 5.16 Å². The first-order valence-corrected chi connectivity index (χ1v) is 7.58. The average molecular weight is 291 g/mol. The standard InChI is InChI=1S/C13H17N5OS/c1-4-5-6-18-10(15)8(7-14)9-11(18)16-13(20-3)17-12(9)19-2/h4-6,15H2,1-3H3. The monoisotopic (exact) mass is 291 g/mol. The van der Waals surface area contributed by atoms with Crippen molar-refractivity contribution in [2.75, 3.05) is 19.1 Å². The fourth-order valence-corrected chi connectivity index (χ4v) is 2.45. The molecule has 0 radical (unpaired) electrons. The number of thioether (sulfide) groups is 1. The molecular weight excluding hydrogens is 274 g/mol. The van der Waals surface area contributed by atoms with Crippen molar-refractivity contribution in [2.45, 2.75) is 31.5 Å². The molecule has 0 aliphatic heterocycles. The Balaban J connectivity index is 2.79. The van der Waals surface area contributed by atoms with Gasteiger partial charge in [-0.25, -0.2) is 4.98 Å². The SMILES string of the molecule is CCCCn1c(N)c(C#N)c2c(OC)nc(SC)nc21. The van der Waals surface area contributed by atoms with Crippen molar-refractivity contribution in [1.29, 1.82) is 5.26 Å². The first-order valence-electron chi connectivity index (χ1n) is 6.35. The van der Waals surface area contributed by atoms with E-state index < -0.39 is 0 Å². The molecule has 20 heavy (non-hydrogen) atoms. The Bertz CT molecular complexity index is 674. The molecule has 0 atom stereocenters. The topological polar surface area (TPSA) is 89.8 Å². The van der Waals surface area contributed by atoms with E-state index in [9.17, 15) is 5.26 Å². The third-order valence-corrected chi connectivity index (χ3v) is 3.66. The number of fused-ring (bicyclic) bond motifs is 1. The van der Waals surface area contributed by atoms with Gasteiger partial charge in [-0.15, -0.1) is 0 Å². The fraction of sp³-hybridized carbons (Fsp3) is 0.462. The summed E-state index contributed by atoms with van der Waals surface area (Å²) in [5, 5.41) is 10.5. The Labute approximate surface area is 121 Å². The first kappa shape index (κ1) is 14.5. The van der Waals surface area contributed by atoms with Crippen LogP contribution in [-0.4, -0.2) is 27.9 Å². The number of hydrogen-bond donors (Lipinski definition) is 1. The summed E-state index contributed by atoms with van der Waals surface area (Å²) in [6.07, 6.45) is 3.91. The molecule has 106 valence electrons. The third kappa shape index (κ3) is 2.27. The number of aromatic nitrogens is 3. The molecule has 2 rings (SSSR count). The summed E-state index contributed by atoms with van der Waals surface area (Å²) in [6, 6.07) is 2.13. The summed E-state index contributed by atoms with van der Waals surface area (Å²) >= 11 is 1.43. The number of nitrogen functional groups attached to an aromatic ring is 1. The van der Waals surface area contributed by atoms with Gasteiger partial charge in [-0.2, -0.15) is 10.2 Å². The second-order valence-corrected chi connectivity index (χ2v) is 5.07. The Morgan fingerprint density at radius 2 is 2.20 bits per heavy atom. The zero-order chi connectivity index (χ0) is 14.7. The number of aryl methyl sites for hydroxylation is 1. The maximum Gasteiger partial charge on any atom is 0.228 e. The van der Waals surface area contributed by atoms with Crippen LogP contribution in [0, 0.1) is 11.3 Å². The molecule has 7 heteroatoms. The molecule has 0 bridgehead atoms. The maximum absolute atomic E-state index is 9.34. The Hall–Kier alpha value is -1.94. The van der Waals surface area contributed by atoms with E-state index >= 15 is 0 Å². The number of hydrogen-bond acceptors (Lipinski definition) is 6.